The Morgan fingerprint density at radius 3 is 2.20 bits per heavy atom. The molecule has 7 nitrogen and oxygen atoms in total. The number of anilines is 2. The molecular weight excluding hydrogens is 499 g/mol. The lowest BCUT2D eigenvalue weighted by atomic mass is 10.1. The summed E-state index contributed by atoms with van der Waals surface area (Å²) >= 11 is 7.35. The fourth-order valence-electron chi connectivity index (χ4n) is 3.89. The van der Waals surface area contributed by atoms with Gasteiger partial charge in [0.2, 0.25) is 0 Å². The Bertz CT molecular complexity index is 1370. The number of nitrogens with one attached hydrogen (secondary N) is 1. The van der Waals surface area contributed by atoms with Crippen molar-refractivity contribution >= 4 is 33.8 Å². The largest absolute Gasteiger partial charge is 0.416 e. The monoisotopic (exact) mass is 515 g/mol. The summed E-state index contributed by atoms with van der Waals surface area (Å²) in [6.07, 6.45) is -4.43. The molecule has 0 amide bonds. The van der Waals surface area contributed by atoms with E-state index < -0.39 is 11.7 Å². The third kappa shape index (κ3) is 4.67. The van der Waals surface area contributed by atoms with E-state index in [9.17, 15) is 18.4 Å². The first kappa shape index (κ1) is 23.1. The average molecular weight is 516 g/mol. The number of aromatic nitrogens is 4. The lowest BCUT2D eigenvalue weighted by Crippen LogP contribution is -2.46. The van der Waals surface area contributed by atoms with E-state index in [0.717, 1.165) is 30.9 Å². The molecule has 178 valence electrons. The van der Waals surface area contributed by atoms with Gasteiger partial charge in [-0.1, -0.05) is 35.1 Å². The number of nitriles is 1. The number of benzene rings is 2. The smallest absolute Gasteiger partial charge is 0.368 e. The topological polar surface area (TPSA) is 84.7 Å². The lowest BCUT2D eigenvalue weighted by molar-refractivity contribution is -0.137. The summed E-state index contributed by atoms with van der Waals surface area (Å²) in [7, 11) is 0. The van der Waals surface area contributed by atoms with E-state index in [-0.39, 0.29) is 11.4 Å². The maximum atomic E-state index is 13.1. The minimum atomic E-state index is -4.43. The van der Waals surface area contributed by atoms with Gasteiger partial charge in [0, 0.05) is 36.9 Å². The predicted octanol–water partition coefficient (Wildman–Crippen LogP) is 5.47. The highest BCUT2D eigenvalue weighted by atomic mass is 35.5. The zero-order valence-corrected chi connectivity index (χ0v) is 19.6. The van der Waals surface area contributed by atoms with Gasteiger partial charge in [-0.05, 0) is 42.0 Å². The first-order valence-electron chi connectivity index (χ1n) is 10.6. The van der Waals surface area contributed by atoms with Gasteiger partial charge in [0.15, 0.2) is 16.5 Å². The molecule has 1 N–H and O–H groups in total. The highest BCUT2D eigenvalue weighted by Gasteiger charge is 2.31. The van der Waals surface area contributed by atoms with Gasteiger partial charge in [-0.25, -0.2) is 4.98 Å². The fraction of sp³-hybridized carbons (Fsp3) is 0.217. The lowest BCUT2D eigenvalue weighted by Gasteiger charge is -2.36. The summed E-state index contributed by atoms with van der Waals surface area (Å²) < 4.78 is 39.2. The van der Waals surface area contributed by atoms with Crippen molar-refractivity contribution in [2.75, 3.05) is 36.0 Å². The molecule has 2 aromatic heterocycles. The van der Waals surface area contributed by atoms with Crippen molar-refractivity contribution in [1.82, 2.24) is 20.4 Å². The van der Waals surface area contributed by atoms with Gasteiger partial charge >= 0.3 is 6.18 Å². The standard InChI is InChI=1S/C23H17ClF3N7S/c24-16-5-7-17(8-6-16)33-9-11-34(12-10-33)22-29-20(19-18(13-28)30-32-31-19)21(35-22)14-1-3-15(4-2-14)23(25,26)27/h1-8H,9-12H2,(H,30,31,32). The Labute approximate surface area is 207 Å². The van der Waals surface area contributed by atoms with Crippen LogP contribution in [-0.4, -0.2) is 46.6 Å². The average Bonchev–Trinajstić information content (AvgIpc) is 3.51. The summed E-state index contributed by atoms with van der Waals surface area (Å²) in [5.41, 5.74) is 1.66. The molecule has 0 aliphatic carbocycles. The van der Waals surface area contributed by atoms with Crippen molar-refractivity contribution in [3.8, 4) is 27.9 Å². The Kier molecular flexibility index (Phi) is 6.08. The van der Waals surface area contributed by atoms with E-state index in [0.29, 0.717) is 39.4 Å². The van der Waals surface area contributed by atoms with Gasteiger partial charge in [-0.2, -0.15) is 28.7 Å². The Balaban J connectivity index is 1.46. The van der Waals surface area contributed by atoms with Crippen molar-refractivity contribution in [3.05, 3.63) is 64.8 Å². The quantitative estimate of drug-likeness (QED) is 0.388. The van der Waals surface area contributed by atoms with E-state index in [1.165, 1.54) is 23.5 Å². The first-order chi connectivity index (χ1) is 16.8. The molecule has 0 atom stereocenters. The van der Waals surface area contributed by atoms with Crippen molar-refractivity contribution in [2.24, 2.45) is 0 Å². The SMILES string of the molecule is N#Cc1n[nH]nc1-c1nc(N2CCN(c3ccc(Cl)cc3)CC2)sc1-c1ccc(C(F)(F)F)cc1. The third-order valence-electron chi connectivity index (χ3n) is 5.71. The summed E-state index contributed by atoms with van der Waals surface area (Å²) in [5.74, 6) is 0. The number of aromatic amines is 1. The minimum absolute atomic E-state index is 0.0718. The molecule has 0 bridgehead atoms. The molecule has 5 rings (SSSR count). The van der Waals surface area contributed by atoms with Crippen LogP contribution in [0.5, 0.6) is 0 Å². The number of thiazole rings is 1. The van der Waals surface area contributed by atoms with Gasteiger partial charge in [0.25, 0.3) is 0 Å². The molecule has 35 heavy (non-hydrogen) atoms. The second kappa shape index (κ2) is 9.20. The normalized spacial score (nSPS) is 14.3. The number of piperazine rings is 1. The summed E-state index contributed by atoms with van der Waals surface area (Å²) in [6.45, 7) is 2.93. The van der Waals surface area contributed by atoms with Gasteiger partial charge in [-0.15, -0.1) is 5.10 Å². The van der Waals surface area contributed by atoms with Crippen LogP contribution in [0, 0.1) is 11.3 Å². The number of hydrogen-bond donors (Lipinski definition) is 1. The van der Waals surface area contributed by atoms with Crippen LogP contribution in [0.4, 0.5) is 24.0 Å². The molecule has 1 fully saturated rings. The van der Waals surface area contributed by atoms with Crippen LogP contribution in [0.1, 0.15) is 11.3 Å². The molecule has 1 saturated heterocycles. The molecule has 0 radical (unpaired) electrons. The first-order valence-corrected chi connectivity index (χ1v) is 11.8. The second-order valence-corrected chi connectivity index (χ2v) is 9.25. The summed E-state index contributed by atoms with van der Waals surface area (Å²) in [6, 6.07) is 14.6. The predicted molar refractivity (Wildman–Crippen MR) is 129 cm³/mol. The zero-order valence-electron chi connectivity index (χ0n) is 18.1. The number of nitrogens with zero attached hydrogens (tertiary/aromatic N) is 6. The number of H-pyrrole nitrogens is 1. The number of rotatable bonds is 4. The molecule has 4 aromatic rings. The highest BCUT2D eigenvalue weighted by Crippen LogP contribution is 2.41. The molecule has 2 aromatic carbocycles. The van der Waals surface area contributed by atoms with E-state index in [1.807, 2.05) is 30.3 Å². The van der Waals surface area contributed by atoms with Gasteiger partial charge in [0.05, 0.1) is 10.4 Å². The Hall–Kier alpha value is -3.62. The Morgan fingerprint density at radius 2 is 1.57 bits per heavy atom. The van der Waals surface area contributed by atoms with Crippen LogP contribution in [0.25, 0.3) is 21.8 Å². The summed E-state index contributed by atoms with van der Waals surface area (Å²) in [4.78, 5) is 9.76. The Morgan fingerprint density at radius 1 is 0.914 bits per heavy atom. The zero-order chi connectivity index (χ0) is 24.6. The van der Waals surface area contributed by atoms with E-state index in [4.69, 9.17) is 16.6 Å². The van der Waals surface area contributed by atoms with Crippen LogP contribution in [0.3, 0.4) is 0 Å². The van der Waals surface area contributed by atoms with Gasteiger partial charge in [0.1, 0.15) is 11.8 Å². The third-order valence-corrected chi connectivity index (χ3v) is 7.13. The minimum Gasteiger partial charge on any atom is -0.368 e. The molecule has 0 spiro atoms. The van der Waals surface area contributed by atoms with Crippen LogP contribution < -0.4 is 9.80 Å². The molecular formula is C23H17ClF3N7S. The number of halogens is 4. The van der Waals surface area contributed by atoms with Crippen molar-refractivity contribution < 1.29 is 13.2 Å². The molecule has 0 unspecified atom stereocenters. The van der Waals surface area contributed by atoms with Crippen LogP contribution >= 0.6 is 22.9 Å². The fourth-order valence-corrected chi connectivity index (χ4v) is 5.14. The van der Waals surface area contributed by atoms with E-state index in [2.05, 4.69) is 25.2 Å². The molecule has 0 saturated carbocycles. The molecule has 12 heteroatoms. The van der Waals surface area contributed by atoms with Crippen LogP contribution in [0.15, 0.2) is 48.5 Å². The highest BCUT2D eigenvalue weighted by molar-refractivity contribution is 7.19. The van der Waals surface area contributed by atoms with Gasteiger partial charge in [-0.3, -0.25) is 0 Å². The number of hydrogen-bond acceptors (Lipinski definition) is 7. The number of alkyl halides is 3. The summed E-state index contributed by atoms with van der Waals surface area (Å²) in [5, 5.41) is 21.2. The van der Waals surface area contributed by atoms with Crippen LogP contribution in [0.2, 0.25) is 5.02 Å². The molecule has 3 heterocycles. The maximum Gasteiger partial charge on any atom is 0.416 e. The van der Waals surface area contributed by atoms with Crippen molar-refractivity contribution in [1.29, 1.82) is 5.26 Å². The van der Waals surface area contributed by atoms with Crippen molar-refractivity contribution in [3.63, 3.8) is 0 Å². The van der Waals surface area contributed by atoms with E-state index in [1.54, 1.807) is 0 Å². The van der Waals surface area contributed by atoms with Gasteiger partial charge < -0.3 is 9.80 Å². The van der Waals surface area contributed by atoms with E-state index >= 15 is 0 Å². The molecule has 1 aliphatic rings. The van der Waals surface area contributed by atoms with Crippen LogP contribution in [-0.2, 0) is 6.18 Å². The molecule has 1 aliphatic heterocycles. The maximum absolute atomic E-state index is 13.1. The van der Waals surface area contributed by atoms with Crippen molar-refractivity contribution in [2.45, 2.75) is 6.18 Å². The second-order valence-electron chi connectivity index (χ2n) is 7.83.